The third-order valence-electron chi connectivity index (χ3n) is 5.85. The maximum Gasteiger partial charge on any atom is 0.253 e. The van der Waals surface area contributed by atoms with Crippen molar-refractivity contribution in [3.8, 4) is 0 Å². The second kappa shape index (κ2) is 13.6. The van der Waals surface area contributed by atoms with Gasteiger partial charge in [0.25, 0.3) is 5.91 Å². The Hall–Kier alpha value is -2.48. The molecule has 6 nitrogen and oxygen atoms in total. The van der Waals surface area contributed by atoms with Crippen LogP contribution in [0.3, 0.4) is 0 Å². The second-order valence-electron chi connectivity index (χ2n) is 9.77. The lowest BCUT2D eigenvalue weighted by Crippen LogP contribution is -2.46. The number of anilines is 1. The number of piperazine rings is 1. The molecular weight excluding hydrogens is 456 g/mol. The van der Waals surface area contributed by atoms with Crippen molar-refractivity contribution in [1.82, 2.24) is 15.2 Å². The van der Waals surface area contributed by atoms with E-state index in [1.165, 1.54) is 0 Å². The summed E-state index contributed by atoms with van der Waals surface area (Å²) in [7, 11) is 0. The van der Waals surface area contributed by atoms with Crippen LogP contribution in [0, 0.1) is 0 Å². The van der Waals surface area contributed by atoms with E-state index in [4.69, 9.17) is 9.72 Å². The molecule has 2 heterocycles. The zero-order chi connectivity index (χ0) is 25.1. The molecule has 7 heteroatoms. The average molecular weight is 497 g/mol. The normalized spacial score (nSPS) is 14.8. The van der Waals surface area contributed by atoms with Gasteiger partial charge in [0.15, 0.2) is 5.13 Å². The van der Waals surface area contributed by atoms with Crippen molar-refractivity contribution in [2.75, 3.05) is 50.8 Å². The molecule has 0 unspecified atom stereocenters. The van der Waals surface area contributed by atoms with Crippen molar-refractivity contribution in [2.45, 2.75) is 46.1 Å². The van der Waals surface area contributed by atoms with Crippen LogP contribution in [-0.2, 0) is 16.7 Å². The number of amides is 1. The Morgan fingerprint density at radius 2 is 1.89 bits per heavy atom. The van der Waals surface area contributed by atoms with Crippen molar-refractivity contribution in [1.29, 1.82) is 0 Å². The van der Waals surface area contributed by atoms with Crippen molar-refractivity contribution in [3.05, 3.63) is 70.8 Å². The molecule has 0 radical (unpaired) electrons. The number of nitrogens with zero attached hydrogens (tertiary/aromatic N) is 3. The van der Waals surface area contributed by atoms with Gasteiger partial charge >= 0.3 is 0 Å². The van der Waals surface area contributed by atoms with E-state index in [0.717, 1.165) is 67.6 Å². The Labute approximate surface area is 214 Å². The Kier molecular flexibility index (Phi) is 10.5. The lowest BCUT2D eigenvalue weighted by atomic mass is 9.93. The number of carbonyl (C=O) groups excluding carboxylic acids is 1. The number of hydrogen-bond acceptors (Lipinski definition) is 6. The van der Waals surface area contributed by atoms with Crippen LogP contribution in [0.15, 0.2) is 53.9 Å². The molecule has 0 aliphatic carbocycles. The van der Waals surface area contributed by atoms with Gasteiger partial charge in [0.05, 0.1) is 18.9 Å². The first-order valence-electron chi connectivity index (χ1n) is 12.6. The quantitative estimate of drug-likeness (QED) is 0.349. The first kappa shape index (κ1) is 27.1. The van der Waals surface area contributed by atoms with Gasteiger partial charge in [-0.2, -0.15) is 0 Å². The monoisotopic (exact) mass is 496 g/mol. The fraction of sp³-hybridized carbons (Fsp3) is 0.500. The van der Waals surface area contributed by atoms with Gasteiger partial charge in [0.1, 0.15) is 0 Å². The van der Waals surface area contributed by atoms with Crippen LogP contribution >= 0.6 is 11.3 Å². The summed E-state index contributed by atoms with van der Waals surface area (Å²) in [4.78, 5) is 21.9. The predicted molar refractivity (Wildman–Crippen MR) is 146 cm³/mol. The van der Waals surface area contributed by atoms with E-state index in [9.17, 15) is 4.79 Å². The van der Waals surface area contributed by atoms with E-state index in [0.29, 0.717) is 13.2 Å². The molecule has 1 amide bonds. The fourth-order valence-electron chi connectivity index (χ4n) is 3.69. The first-order chi connectivity index (χ1) is 16.9. The summed E-state index contributed by atoms with van der Waals surface area (Å²) in [6, 6.07) is 8.02. The van der Waals surface area contributed by atoms with Crippen molar-refractivity contribution < 1.29 is 9.53 Å². The number of aromatic nitrogens is 1. The minimum absolute atomic E-state index is 0.0136. The molecule has 0 bridgehead atoms. The summed E-state index contributed by atoms with van der Waals surface area (Å²) in [6.45, 7) is 14.6. The molecule has 1 saturated heterocycles. The molecule has 3 rings (SSSR count). The third-order valence-corrected chi connectivity index (χ3v) is 6.75. The number of carbonyl (C=O) groups is 1. The number of thiazole rings is 1. The first-order valence-corrected chi connectivity index (χ1v) is 13.5. The van der Waals surface area contributed by atoms with Gasteiger partial charge in [-0.1, -0.05) is 64.1 Å². The smallest absolute Gasteiger partial charge is 0.253 e. The molecule has 2 aromatic rings. The number of benzene rings is 1. The molecule has 1 N–H and O–H groups in total. The highest BCUT2D eigenvalue weighted by Gasteiger charge is 2.21. The molecule has 35 heavy (non-hydrogen) atoms. The van der Waals surface area contributed by atoms with Crippen LogP contribution in [-0.4, -0.2) is 61.7 Å². The number of nitrogens with one attached hydrogen (secondary N) is 1. The van der Waals surface area contributed by atoms with Crippen LogP contribution in [0.2, 0.25) is 0 Å². The van der Waals surface area contributed by atoms with E-state index in [-0.39, 0.29) is 11.3 Å². The predicted octanol–water partition coefficient (Wildman–Crippen LogP) is 5.03. The van der Waals surface area contributed by atoms with E-state index in [1.807, 2.05) is 29.2 Å². The highest BCUT2D eigenvalue weighted by molar-refractivity contribution is 7.13. The minimum atomic E-state index is 0.0136. The van der Waals surface area contributed by atoms with E-state index in [2.05, 4.69) is 67.6 Å². The van der Waals surface area contributed by atoms with Crippen LogP contribution in [0.1, 0.15) is 55.7 Å². The Balaban J connectivity index is 1.64. The number of hydrogen-bond donors (Lipinski definition) is 1. The molecule has 0 spiro atoms. The zero-order valence-corrected chi connectivity index (χ0v) is 22.4. The van der Waals surface area contributed by atoms with Crippen LogP contribution in [0.5, 0.6) is 0 Å². The number of rotatable bonds is 11. The van der Waals surface area contributed by atoms with Gasteiger partial charge in [-0.15, -0.1) is 11.3 Å². The van der Waals surface area contributed by atoms with E-state index in [1.54, 1.807) is 11.3 Å². The third kappa shape index (κ3) is 8.60. The number of ether oxygens (including phenoxy) is 1. The lowest BCUT2D eigenvalue weighted by Gasteiger charge is -2.27. The molecule has 1 fully saturated rings. The molecule has 0 atom stereocenters. The average Bonchev–Trinajstić information content (AvgIpc) is 3.36. The maximum absolute atomic E-state index is 12.8. The fourth-order valence-corrected chi connectivity index (χ4v) is 4.77. The summed E-state index contributed by atoms with van der Waals surface area (Å²) >= 11 is 1.68. The maximum atomic E-state index is 12.8. The van der Waals surface area contributed by atoms with Crippen molar-refractivity contribution in [3.63, 3.8) is 0 Å². The molecule has 1 aromatic heterocycles. The van der Waals surface area contributed by atoms with E-state index >= 15 is 0 Å². The Morgan fingerprint density at radius 1 is 1.17 bits per heavy atom. The van der Waals surface area contributed by atoms with Crippen molar-refractivity contribution in [2.24, 2.45) is 0 Å². The van der Waals surface area contributed by atoms with E-state index < -0.39 is 0 Å². The van der Waals surface area contributed by atoms with Gasteiger partial charge in [-0.25, -0.2) is 4.98 Å². The van der Waals surface area contributed by atoms with Crippen molar-refractivity contribution >= 4 is 22.4 Å². The summed E-state index contributed by atoms with van der Waals surface area (Å²) in [5.74, 6) is 0.111. The summed E-state index contributed by atoms with van der Waals surface area (Å²) in [6.07, 6.45) is 9.27. The minimum Gasteiger partial charge on any atom is -0.376 e. The molecule has 0 saturated carbocycles. The van der Waals surface area contributed by atoms with Crippen LogP contribution < -0.4 is 10.2 Å². The number of allylic oxidation sites excluding steroid dienone is 3. The summed E-state index contributed by atoms with van der Waals surface area (Å²) in [5, 5.41) is 6.45. The SMILES string of the molecule is CC/C=C\C=C/COCCN(Cc1ccc(C(=O)N2CCNCC2)cc1)c1nc(C(C)(C)C)cs1. The summed E-state index contributed by atoms with van der Waals surface area (Å²) < 4.78 is 5.85. The Morgan fingerprint density at radius 3 is 2.54 bits per heavy atom. The highest BCUT2D eigenvalue weighted by atomic mass is 32.1. The van der Waals surface area contributed by atoms with Gasteiger partial charge in [-0.3, -0.25) is 4.79 Å². The largest absolute Gasteiger partial charge is 0.376 e. The standard InChI is InChI=1S/C28H40N4O2S/c1-5-6-7-8-9-19-34-20-18-32(27-30-25(22-35-27)28(2,3)4)21-23-10-12-24(13-11-23)26(33)31-16-14-29-15-17-31/h6-13,22,29H,5,14-21H2,1-4H3/b7-6-,9-8-. The van der Waals surface area contributed by atoms with Gasteiger partial charge in [0, 0.05) is 55.6 Å². The molecule has 1 aliphatic heterocycles. The van der Waals surface area contributed by atoms with Crippen LogP contribution in [0.25, 0.3) is 0 Å². The molecular formula is C28H40N4O2S. The second-order valence-corrected chi connectivity index (χ2v) is 10.6. The highest BCUT2D eigenvalue weighted by Crippen LogP contribution is 2.29. The van der Waals surface area contributed by atoms with Gasteiger partial charge in [-0.05, 0) is 24.1 Å². The summed E-state index contributed by atoms with van der Waals surface area (Å²) in [5.41, 5.74) is 3.02. The molecule has 190 valence electrons. The Bertz CT molecular complexity index is 970. The lowest BCUT2D eigenvalue weighted by molar-refractivity contribution is 0.0736. The molecule has 1 aliphatic rings. The molecule has 1 aromatic carbocycles. The van der Waals surface area contributed by atoms with Crippen LogP contribution in [0.4, 0.5) is 5.13 Å². The zero-order valence-electron chi connectivity index (χ0n) is 21.6. The van der Waals surface area contributed by atoms with Gasteiger partial charge in [0.2, 0.25) is 0 Å². The topological polar surface area (TPSA) is 57.7 Å². The van der Waals surface area contributed by atoms with Gasteiger partial charge < -0.3 is 19.9 Å².